The Morgan fingerprint density at radius 3 is 2.95 bits per heavy atom. The van der Waals surface area contributed by atoms with Crippen molar-refractivity contribution in [2.45, 2.75) is 50.7 Å². The molecule has 0 spiro atoms. The molecule has 5 heteroatoms. The number of fused-ring (bicyclic) bond motifs is 1. The normalized spacial score (nSPS) is 16.6. The van der Waals surface area contributed by atoms with Crippen LogP contribution in [0.5, 0.6) is 0 Å². The monoisotopic (exact) mass is 322 g/mol. The Morgan fingerprint density at radius 1 is 1.43 bits per heavy atom. The van der Waals surface area contributed by atoms with Gasteiger partial charge in [0.05, 0.1) is 10.9 Å². The number of amides is 1. The molecule has 114 valence electrons. The molecule has 1 aromatic carbocycles. The van der Waals surface area contributed by atoms with Gasteiger partial charge >= 0.3 is 0 Å². The van der Waals surface area contributed by atoms with Crippen molar-refractivity contribution in [1.82, 2.24) is 5.32 Å². The first kappa shape index (κ1) is 16.4. The van der Waals surface area contributed by atoms with Crippen LogP contribution in [0.25, 0.3) is 0 Å². The fourth-order valence-corrected chi connectivity index (χ4v) is 4.34. The molecule has 21 heavy (non-hydrogen) atoms. The third kappa shape index (κ3) is 4.78. The van der Waals surface area contributed by atoms with Crippen molar-refractivity contribution in [2.24, 2.45) is 4.99 Å². The number of benzene rings is 1. The lowest BCUT2D eigenvalue weighted by Gasteiger charge is -2.19. The van der Waals surface area contributed by atoms with Crippen LogP contribution in [0.15, 0.2) is 29.3 Å². The molecule has 0 fully saturated rings. The lowest BCUT2D eigenvalue weighted by molar-refractivity contribution is -0.120. The highest BCUT2D eigenvalue weighted by Gasteiger charge is 2.20. The number of hydrogen-bond acceptors (Lipinski definition) is 4. The molecule has 0 aromatic heterocycles. The first-order valence-electron chi connectivity index (χ1n) is 7.36. The largest absolute Gasteiger partial charge is 0.353 e. The first-order chi connectivity index (χ1) is 10.1. The molecule has 0 unspecified atom stereocenters. The minimum atomic E-state index is -0.110. The zero-order chi connectivity index (χ0) is 15.2. The van der Waals surface area contributed by atoms with Gasteiger partial charge < -0.3 is 5.32 Å². The minimum Gasteiger partial charge on any atom is -0.353 e. The van der Waals surface area contributed by atoms with Gasteiger partial charge in [-0.1, -0.05) is 55.1 Å². The molecule has 1 N–H and O–H groups in total. The number of carbonyl (C=O) groups is 1. The fraction of sp³-hybridized carbons (Fsp3) is 0.500. The second kappa shape index (κ2) is 7.90. The maximum absolute atomic E-state index is 12.2. The van der Waals surface area contributed by atoms with Crippen LogP contribution in [0.1, 0.15) is 39.2 Å². The van der Waals surface area contributed by atoms with Crippen LogP contribution in [-0.2, 0) is 10.5 Å². The highest BCUT2D eigenvalue weighted by Crippen LogP contribution is 2.35. The van der Waals surface area contributed by atoms with Crippen LogP contribution in [0.4, 0.5) is 5.69 Å². The van der Waals surface area contributed by atoms with Gasteiger partial charge in [0.2, 0.25) is 5.91 Å². The predicted molar refractivity (Wildman–Crippen MR) is 94.4 cm³/mol. The molecule has 1 amide bonds. The Balaban J connectivity index is 1.93. The van der Waals surface area contributed by atoms with Crippen molar-refractivity contribution in [1.29, 1.82) is 0 Å². The van der Waals surface area contributed by atoms with Crippen molar-refractivity contribution >= 4 is 39.5 Å². The Bertz CT molecular complexity index is 531. The van der Waals surface area contributed by atoms with Gasteiger partial charge in [-0.3, -0.25) is 4.79 Å². The fourth-order valence-electron chi connectivity index (χ4n) is 2.14. The topological polar surface area (TPSA) is 41.5 Å². The first-order valence-corrected chi connectivity index (χ1v) is 9.23. The van der Waals surface area contributed by atoms with Crippen molar-refractivity contribution in [2.75, 3.05) is 0 Å². The van der Waals surface area contributed by atoms with Crippen LogP contribution in [-0.4, -0.2) is 21.6 Å². The van der Waals surface area contributed by atoms with E-state index in [9.17, 15) is 4.79 Å². The molecular weight excluding hydrogens is 300 g/mol. The second-order valence-corrected chi connectivity index (χ2v) is 7.81. The second-order valence-electron chi connectivity index (χ2n) is 5.25. The van der Waals surface area contributed by atoms with Crippen molar-refractivity contribution in [3.05, 3.63) is 29.8 Å². The van der Waals surface area contributed by atoms with Gasteiger partial charge in [0.1, 0.15) is 4.38 Å². The van der Waals surface area contributed by atoms with Crippen molar-refractivity contribution in [3.63, 3.8) is 0 Å². The Morgan fingerprint density at radius 2 is 2.19 bits per heavy atom. The molecule has 3 nitrogen and oxygen atoms in total. The summed E-state index contributed by atoms with van der Waals surface area (Å²) < 4.78 is 0.986. The molecule has 1 heterocycles. The van der Waals surface area contributed by atoms with Crippen LogP contribution >= 0.6 is 23.5 Å². The van der Waals surface area contributed by atoms with Gasteiger partial charge in [-0.15, -0.1) is 0 Å². The minimum absolute atomic E-state index is 0.100. The SMILES string of the molecule is CCC[C@H](C)NC(=O)[C@@H](C)SC1=Nc2ccccc2CS1. The molecule has 0 saturated carbocycles. The quantitative estimate of drug-likeness (QED) is 0.876. The van der Waals surface area contributed by atoms with Crippen molar-refractivity contribution < 1.29 is 4.79 Å². The van der Waals surface area contributed by atoms with E-state index < -0.39 is 0 Å². The summed E-state index contributed by atoms with van der Waals surface area (Å²) in [6, 6.07) is 8.42. The summed E-state index contributed by atoms with van der Waals surface area (Å²) in [6.45, 7) is 6.13. The van der Waals surface area contributed by atoms with Gasteiger partial charge in [0, 0.05) is 11.8 Å². The van der Waals surface area contributed by atoms with Crippen LogP contribution in [0.2, 0.25) is 0 Å². The third-order valence-electron chi connectivity index (χ3n) is 3.31. The van der Waals surface area contributed by atoms with Crippen LogP contribution in [0, 0.1) is 0 Å². The van der Waals surface area contributed by atoms with Crippen LogP contribution < -0.4 is 5.32 Å². The lowest BCUT2D eigenvalue weighted by Crippen LogP contribution is -2.37. The van der Waals surface area contributed by atoms with E-state index in [1.54, 1.807) is 23.5 Å². The van der Waals surface area contributed by atoms with E-state index in [0.717, 1.165) is 28.7 Å². The van der Waals surface area contributed by atoms with Gasteiger partial charge in [-0.05, 0) is 31.9 Å². The number of rotatable bonds is 5. The van der Waals surface area contributed by atoms with Gasteiger partial charge in [-0.2, -0.15) is 0 Å². The molecule has 1 aliphatic heterocycles. The molecule has 2 rings (SSSR count). The van der Waals surface area contributed by atoms with Gasteiger partial charge in [0.25, 0.3) is 0 Å². The Kier molecular flexibility index (Phi) is 6.18. The molecule has 0 radical (unpaired) electrons. The summed E-state index contributed by atoms with van der Waals surface area (Å²) in [6.07, 6.45) is 2.11. The van der Waals surface area contributed by atoms with Gasteiger partial charge in [-0.25, -0.2) is 4.99 Å². The van der Waals surface area contributed by atoms with E-state index in [0.29, 0.717) is 0 Å². The molecule has 0 bridgehead atoms. The number of nitrogens with zero attached hydrogens (tertiary/aromatic N) is 1. The Hall–Kier alpha value is -0.940. The third-order valence-corrected chi connectivity index (χ3v) is 5.61. The summed E-state index contributed by atoms with van der Waals surface area (Å²) in [7, 11) is 0. The molecular formula is C16H22N2OS2. The summed E-state index contributed by atoms with van der Waals surface area (Å²) in [5, 5.41) is 2.95. The molecule has 1 aliphatic rings. The smallest absolute Gasteiger partial charge is 0.233 e. The van der Waals surface area contributed by atoms with E-state index in [1.807, 2.05) is 25.1 Å². The summed E-state index contributed by atoms with van der Waals surface area (Å²) >= 11 is 3.27. The van der Waals surface area contributed by atoms with Gasteiger partial charge in [0.15, 0.2) is 0 Å². The number of hydrogen-bond donors (Lipinski definition) is 1. The molecule has 1 aromatic rings. The number of nitrogens with one attached hydrogen (secondary N) is 1. The standard InChI is InChI=1S/C16H22N2OS2/c1-4-7-11(2)17-15(19)12(3)21-16-18-14-9-6-5-8-13(14)10-20-16/h5-6,8-9,11-12H,4,7,10H2,1-3H3,(H,17,19)/t11-,12+/m0/s1. The van der Waals surface area contributed by atoms with E-state index in [2.05, 4.69) is 30.2 Å². The van der Waals surface area contributed by atoms with E-state index >= 15 is 0 Å². The number of aliphatic imine (C=N–C) groups is 1. The van der Waals surface area contributed by atoms with E-state index in [4.69, 9.17) is 0 Å². The number of carbonyl (C=O) groups excluding carboxylic acids is 1. The summed E-state index contributed by atoms with van der Waals surface area (Å²) in [5.74, 6) is 1.03. The zero-order valence-electron chi connectivity index (χ0n) is 12.8. The predicted octanol–water partition coefficient (Wildman–Crippen LogP) is 4.35. The molecule has 2 atom stereocenters. The summed E-state index contributed by atoms with van der Waals surface area (Å²) in [4.78, 5) is 16.8. The van der Waals surface area contributed by atoms with Crippen LogP contribution in [0.3, 0.4) is 0 Å². The molecule has 0 saturated heterocycles. The highest BCUT2D eigenvalue weighted by molar-refractivity contribution is 8.39. The Labute approximate surface area is 135 Å². The van der Waals surface area contributed by atoms with E-state index in [1.165, 1.54) is 5.56 Å². The van der Waals surface area contributed by atoms with Crippen molar-refractivity contribution in [3.8, 4) is 0 Å². The number of para-hydroxylation sites is 1. The van der Waals surface area contributed by atoms with E-state index in [-0.39, 0.29) is 17.2 Å². The maximum atomic E-state index is 12.2. The molecule has 0 aliphatic carbocycles. The average Bonchev–Trinajstić information content (AvgIpc) is 2.47. The lowest BCUT2D eigenvalue weighted by atomic mass is 10.2. The average molecular weight is 322 g/mol. The summed E-state index contributed by atoms with van der Waals surface area (Å²) in [5.41, 5.74) is 2.30. The maximum Gasteiger partial charge on any atom is 0.233 e. The number of thioether (sulfide) groups is 2. The highest BCUT2D eigenvalue weighted by atomic mass is 32.2. The zero-order valence-corrected chi connectivity index (χ0v) is 14.4.